The number of carbonyl (C=O) groups excluding carboxylic acids is 1. The molecule has 0 unspecified atom stereocenters. The molecule has 4 rings (SSSR count). The first kappa shape index (κ1) is 35.8. The molecule has 2 aromatic carbocycles. The van der Waals surface area contributed by atoms with Crippen LogP contribution < -0.4 is 9.46 Å². The number of aliphatic hydroxyl groups excluding tert-OH is 1. The molecule has 1 amide bonds. The molecule has 11 nitrogen and oxygen atoms in total. The summed E-state index contributed by atoms with van der Waals surface area (Å²) in [6, 6.07) is 15.1. The maximum Gasteiger partial charge on any atom is 0.261 e. The van der Waals surface area contributed by atoms with Crippen molar-refractivity contribution in [1.82, 2.24) is 9.21 Å². The number of likely N-dealkylation sites (N-methyl/N-ethyl adjacent to an activating group) is 1. The van der Waals surface area contributed by atoms with Crippen LogP contribution in [-0.4, -0.2) is 88.7 Å². The lowest BCUT2D eigenvalue weighted by Crippen LogP contribution is -2.48. The van der Waals surface area contributed by atoms with E-state index >= 15 is 0 Å². The molecule has 14 heteroatoms. The van der Waals surface area contributed by atoms with Crippen molar-refractivity contribution in [3.8, 4) is 5.75 Å². The van der Waals surface area contributed by atoms with Crippen LogP contribution in [0.3, 0.4) is 0 Å². The smallest absolute Gasteiger partial charge is 0.261 e. The molecule has 2 N–H and O–H groups in total. The van der Waals surface area contributed by atoms with Crippen molar-refractivity contribution < 1.29 is 36.2 Å². The Morgan fingerprint density at radius 3 is 2.48 bits per heavy atom. The molecule has 0 fully saturated rings. The number of ether oxygens (including phenoxy) is 2. The molecule has 0 aliphatic carbocycles. The molecule has 1 aliphatic heterocycles. The highest BCUT2D eigenvalue weighted by molar-refractivity contribution is 7.92. The SMILES string of the molecule is C[C@@H]1CN([C@@H](C)CO)C(=O)c2cc(NS(=O)(=O)c3ccccc3)ccc2O[C@@H](C)CCCCO[C@H]1CN(C)S(=O)(=O)c1cccs1. The highest BCUT2D eigenvalue weighted by Gasteiger charge is 2.33. The van der Waals surface area contributed by atoms with Gasteiger partial charge >= 0.3 is 0 Å². The van der Waals surface area contributed by atoms with Gasteiger partial charge in [0.1, 0.15) is 9.96 Å². The summed E-state index contributed by atoms with van der Waals surface area (Å²) in [5, 5.41) is 11.9. The molecule has 0 saturated carbocycles. The Labute approximate surface area is 276 Å². The second-order valence-corrected chi connectivity index (χ2v) is 16.5. The molecule has 252 valence electrons. The number of hydrogen-bond acceptors (Lipinski definition) is 9. The molecule has 3 aromatic rings. The van der Waals surface area contributed by atoms with Gasteiger partial charge in [-0.05, 0) is 74.9 Å². The summed E-state index contributed by atoms with van der Waals surface area (Å²) in [5.41, 5.74) is 0.319. The second-order valence-electron chi connectivity index (χ2n) is 11.6. The maximum absolute atomic E-state index is 14.3. The molecule has 46 heavy (non-hydrogen) atoms. The van der Waals surface area contributed by atoms with Gasteiger partial charge in [-0.15, -0.1) is 11.3 Å². The van der Waals surface area contributed by atoms with E-state index in [1.165, 1.54) is 34.5 Å². The van der Waals surface area contributed by atoms with Crippen LogP contribution in [0.5, 0.6) is 5.75 Å². The van der Waals surface area contributed by atoms with E-state index in [0.717, 1.165) is 24.2 Å². The molecule has 0 spiro atoms. The van der Waals surface area contributed by atoms with E-state index in [-0.39, 0.29) is 52.1 Å². The van der Waals surface area contributed by atoms with Crippen LogP contribution in [0.4, 0.5) is 5.69 Å². The lowest BCUT2D eigenvalue weighted by molar-refractivity contribution is -0.00832. The Morgan fingerprint density at radius 2 is 1.80 bits per heavy atom. The third kappa shape index (κ3) is 8.87. The number of carbonyl (C=O) groups is 1. The lowest BCUT2D eigenvalue weighted by Gasteiger charge is -2.35. The van der Waals surface area contributed by atoms with E-state index in [2.05, 4.69) is 4.72 Å². The van der Waals surface area contributed by atoms with E-state index in [1.807, 2.05) is 13.8 Å². The van der Waals surface area contributed by atoms with Gasteiger partial charge in [-0.2, -0.15) is 4.31 Å². The Balaban J connectivity index is 1.68. The highest BCUT2D eigenvalue weighted by atomic mass is 32.2. The van der Waals surface area contributed by atoms with Gasteiger partial charge < -0.3 is 19.5 Å². The normalized spacial score (nSPS) is 21.2. The van der Waals surface area contributed by atoms with Gasteiger partial charge in [-0.1, -0.05) is 31.2 Å². The van der Waals surface area contributed by atoms with Crippen molar-refractivity contribution in [2.75, 3.05) is 38.1 Å². The fourth-order valence-electron chi connectivity index (χ4n) is 5.18. The number of hydrogen-bond donors (Lipinski definition) is 2. The molecule has 2 heterocycles. The molecule has 1 aliphatic rings. The van der Waals surface area contributed by atoms with Crippen LogP contribution >= 0.6 is 11.3 Å². The van der Waals surface area contributed by atoms with E-state index in [1.54, 1.807) is 54.8 Å². The van der Waals surface area contributed by atoms with Crippen LogP contribution in [-0.2, 0) is 24.8 Å². The minimum Gasteiger partial charge on any atom is -0.490 e. The third-order valence-corrected chi connectivity index (χ3v) is 12.5. The summed E-state index contributed by atoms with van der Waals surface area (Å²) >= 11 is 1.14. The predicted molar refractivity (Wildman–Crippen MR) is 178 cm³/mol. The molecule has 1 aromatic heterocycles. The highest BCUT2D eigenvalue weighted by Crippen LogP contribution is 2.30. The van der Waals surface area contributed by atoms with Gasteiger partial charge in [0, 0.05) is 38.3 Å². The Bertz CT molecular complexity index is 1650. The van der Waals surface area contributed by atoms with Crippen LogP contribution in [0.1, 0.15) is 50.4 Å². The van der Waals surface area contributed by atoms with Crippen LogP contribution in [0, 0.1) is 5.92 Å². The van der Waals surface area contributed by atoms with Crippen LogP contribution in [0.25, 0.3) is 0 Å². The summed E-state index contributed by atoms with van der Waals surface area (Å²) < 4.78 is 69.2. The average molecular weight is 694 g/mol. The number of nitrogens with one attached hydrogen (secondary N) is 1. The zero-order chi connectivity index (χ0) is 33.5. The van der Waals surface area contributed by atoms with Gasteiger partial charge in [0.25, 0.3) is 26.0 Å². The van der Waals surface area contributed by atoms with E-state index in [4.69, 9.17) is 9.47 Å². The van der Waals surface area contributed by atoms with Crippen molar-refractivity contribution in [2.45, 2.75) is 67.4 Å². The number of amides is 1. The van der Waals surface area contributed by atoms with Crippen LogP contribution in [0.2, 0.25) is 0 Å². The molecule has 0 saturated heterocycles. The number of rotatable bonds is 9. The fourth-order valence-corrected chi connectivity index (χ4v) is 8.63. The molecule has 0 radical (unpaired) electrons. The summed E-state index contributed by atoms with van der Waals surface area (Å²) in [5.74, 6) is -0.508. The number of anilines is 1. The number of benzene rings is 2. The zero-order valence-corrected chi connectivity index (χ0v) is 29.0. The Hall–Kier alpha value is -3.01. The first-order valence-electron chi connectivity index (χ1n) is 15.2. The quantitative estimate of drug-likeness (QED) is 0.330. The van der Waals surface area contributed by atoms with E-state index < -0.39 is 38.1 Å². The molecule has 0 bridgehead atoms. The maximum atomic E-state index is 14.3. The first-order valence-corrected chi connectivity index (χ1v) is 19.1. The summed E-state index contributed by atoms with van der Waals surface area (Å²) in [6.45, 7) is 5.77. The van der Waals surface area contributed by atoms with Crippen molar-refractivity contribution in [3.05, 3.63) is 71.6 Å². The standard InChI is InChI=1S/C32H43N3O8S3/c1-23-20-35(24(2)22-36)32(37)28-19-26(33-45(38,39)27-12-6-5-7-13-27)15-16-29(28)43-25(3)11-8-9-17-42-30(23)21-34(4)46(40,41)31-14-10-18-44-31/h5-7,10,12-16,18-19,23-25,30,33,36H,8-9,11,17,20-22H2,1-4H3/t23-,24+,25+,30+/m1/s1. The number of aliphatic hydroxyl groups is 1. The topological polar surface area (TPSA) is 143 Å². The van der Waals surface area contributed by atoms with Gasteiger partial charge in [-0.25, -0.2) is 16.8 Å². The largest absolute Gasteiger partial charge is 0.490 e. The third-order valence-electron chi connectivity index (χ3n) is 7.95. The zero-order valence-electron chi connectivity index (χ0n) is 26.5. The monoisotopic (exact) mass is 693 g/mol. The van der Waals surface area contributed by atoms with Crippen molar-refractivity contribution in [1.29, 1.82) is 0 Å². The van der Waals surface area contributed by atoms with Crippen LogP contribution in [0.15, 0.2) is 75.1 Å². The van der Waals surface area contributed by atoms with Crippen molar-refractivity contribution in [3.63, 3.8) is 0 Å². The van der Waals surface area contributed by atoms with Gasteiger partial charge in [0.05, 0.1) is 35.3 Å². The molecular weight excluding hydrogens is 651 g/mol. The number of sulfonamides is 2. The lowest BCUT2D eigenvalue weighted by atomic mass is 10.0. The number of fused-ring (bicyclic) bond motifs is 1. The van der Waals surface area contributed by atoms with Crippen molar-refractivity contribution in [2.24, 2.45) is 5.92 Å². The molecule has 4 atom stereocenters. The van der Waals surface area contributed by atoms with Crippen molar-refractivity contribution >= 4 is 43.0 Å². The minimum absolute atomic E-state index is 0.0679. The van der Waals surface area contributed by atoms with Gasteiger partial charge in [0.2, 0.25) is 0 Å². The number of thiophene rings is 1. The fraction of sp³-hybridized carbons (Fsp3) is 0.469. The van der Waals surface area contributed by atoms with Gasteiger partial charge in [0.15, 0.2) is 0 Å². The predicted octanol–water partition coefficient (Wildman–Crippen LogP) is 4.67. The summed E-state index contributed by atoms with van der Waals surface area (Å²) in [6.07, 6.45) is 1.35. The minimum atomic E-state index is -3.93. The van der Waals surface area contributed by atoms with Gasteiger partial charge in [-0.3, -0.25) is 9.52 Å². The summed E-state index contributed by atoms with van der Waals surface area (Å²) in [7, 11) is -6.15. The van der Waals surface area contributed by atoms with E-state index in [9.17, 15) is 26.7 Å². The second kappa shape index (κ2) is 15.7. The Kier molecular flexibility index (Phi) is 12.2. The summed E-state index contributed by atoms with van der Waals surface area (Å²) in [4.78, 5) is 15.9. The number of nitrogens with zero attached hydrogens (tertiary/aromatic N) is 2. The van der Waals surface area contributed by atoms with E-state index in [0.29, 0.717) is 18.8 Å². The Morgan fingerprint density at radius 1 is 1.07 bits per heavy atom. The molecular formula is C32H43N3O8S3. The average Bonchev–Trinajstić information content (AvgIpc) is 3.59. The first-order chi connectivity index (χ1) is 21.8.